The zero-order valence-corrected chi connectivity index (χ0v) is 11.0. The van der Waals surface area contributed by atoms with E-state index in [0.29, 0.717) is 13.3 Å². The number of ether oxygens (including phenoxy) is 1. The van der Waals surface area contributed by atoms with Crippen molar-refractivity contribution >= 4 is 5.97 Å². The first-order valence-electron chi connectivity index (χ1n) is 6.26. The molecule has 6 heteroatoms. The van der Waals surface area contributed by atoms with E-state index < -0.39 is 12.0 Å². The van der Waals surface area contributed by atoms with Crippen molar-refractivity contribution in [1.29, 1.82) is 0 Å². The van der Waals surface area contributed by atoms with Gasteiger partial charge in [0.05, 0.1) is 12.9 Å². The smallest absolute Gasteiger partial charge is 0.320 e. The highest BCUT2D eigenvalue weighted by Crippen LogP contribution is 2.06. The van der Waals surface area contributed by atoms with Crippen LogP contribution in [0.4, 0.5) is 0 Å². The van der Waals surface area contributed by atoms with Crippen LogP contribution in [0.1, 0.15) is 11.3 Å². The summed E-state index contributed by atoms with van der Waals surface area (Å²) in [6.45, 7) is 0.806. The van der Waals surface area contributed by atoms with E-state index in [1.165, 1.54) is 0 Å². The van der Waals surface area contributed by atoms with Crippen molar-refractivity contribution in [3.63, 3.8) is 0 Å². The van der Waals surface area contributed by atoms with Crippen molar-refractivity contribution in [2.45, 2.75) is 25.8 Å². The van der Waals surface area contributed by atoms with Gasteiger partial charge >= 0.3 is 5.97 Å². The highest BCUT2D eigenvalue weighted by Gasteiger charge is 2.14. The van der Waals surface area contributed by atoms with Gasteiger partial charge in [-0.1, -0.05) is 30.3 Å². The Hall–Kier alpha value is -2.18. The summed E-state index contributed by atoms with van der Waals surface area (Å²) in [6.07, 6.45) is 3.44. The number of carboxylic acid groups (broad SMARTS) is 1. The normalized spacial score (nSPS) is 12.2. The molecule has 0 unspecified atom stereocenters. The summed E-state index contributed by atoms with van der Waals surface area (Å²) in [4.78, 5) is 14.7. The molecule has 0 aliphatic carbocycles. The number of carbonyl (C=O) groups is 1. The number of hydrogen-bond donors (Lipinski definition) is 2. The molecule has 0 radical (unpaired) electrons. The second kappa shape index (κ2) is 6.83. The fourth-order valence-corrected chi connectivity index (χ4v) is 1.78. The number of rotatable bonds is 7. The second-order valence-corrected chi connectivity index (χ2v) is 4.47. The number of aliphatic carboxylic acids is 1. The third-order valence-electron chi connectivity index (χ3n) is 2.89. The summed E-state index contributed by atoms with van der Waals surface area (Å²) in [6, 6.07) is 8.88. The van der Waals surface area contributed by atoms with Gasteiger partial charge in [0.1, 0.15) is 12.8 Å². The topological polar surface area (TPSA) is 90.4 Å². The molecule has 6 nitrogen and oxygen atoms in total. The minimum absolute atomic E-state index is 0.226. The van der Waals surface area contributed by atoms with E-state index in [1.54, 1.807) is 17.1 Å². The molecule has 0 spiro atoms. The largest absolute Gasteiger partial charge is 0.480 e. The number of aromatic nitrogens is 2. The van der Waals surface area contributed by atoms with Gasteiger partial charge in [-0.05, 0) is 5.56 Å². The van der Waals surface area contributed by atoms with Gasteiger partial charge in [-0.25, -0.2) is 4.98 Å². The van der Waals surface area contributed by atoms with E-state index in [-0.39, 0.29) is 6.42 Å². The Bertz CT molecular complexity index is 554. The van der Waals surface area contributed by atoms with Crippen molar-refractivity contribution in [2.24, 2.45) is 5.73 Å². The van der Waals surface area contributed by atoms with Crippen LogP contribution in [0.2, 0.25) is 0 Å². The van der Waals surface area contributed by atoms with Gasteiger partial charge in [-0.3, -0.25) is 4.79 Å². The lowest BCUT2D eigenvalue weighted by atomic mass is 10.2. The number of nitrogens with zero attached hydrogens (tertiary/aromatic N) is 2. The molecule has 0 fully saturated rings. The minimum Gasteiger partial charge on any atom is -0.480 e. The van der Waals surface area contributed by atoms with E-state index in [0.717, 1.165) is 11.3 Å². The van der Waals surface area contributed by atoms with Gasteiger partial charge in [0.2, 0.25) is 0 Å². The monoisotopic (exact) mass is 275 g/mol. The van der Waals surface area contributed by atoms with Gasteiger partial charge in [-0.15, -0.1) is 0 Å². The van der Waals surface area contributed by atoms with Crippen molar-refractivity contribution in [1.82, 2.24) is 9.55 Å². The Labute approximate surface area is 116 Å². The van der Waals surface area contributed by atoms with Crippen molar-refractivity contribution in [3.05, 3.63) is 54.1 Å². The third kappa shape index (κ3) is 3.91. The van der Waals surface area contributed by atoms with Gasteiger partial charge in [0.25, 0.3) is 0 Å². The first-order chi connectivity index (χ1) is 9.66. The van der Waals surface area contributed by atoms with Crippen LogP contribution in [0.3, 0.4) is 0 Å². The van der Waals surface area contributed by atoms with E-state index >= 15 is 0 Å². The summed E-state index contributed by atoms with van der Waals surface area (Å²) in [7, 11) is 0. The molecule has 1 aromatic carbocycles. The SMILES string of the molecule is N[C@@H](Cc1cncn1COCc1ccccc1)C(=O)O. The molecule has 0 amide bonds. The molecule has 1 heterocycles. The van der Waals surface area contributed by atoms with E-state index in [1.807, 2.05) is 30.3 Å². The van der Waals surface area contributed by atoms with Gasteiger partial charge in [-0.2, -0.15) is 0 Å². The first-order valence-corrected chi connectivity index (χ1v) is 6.26. The van der Waals surface area contributed by atoms with Gasteiger partial charge in [0.15, 0.2) is 0 Å². The molecule has 3 N–H and O–H groups in total. The molecule has 2 rings (SSSR count). The summed E-state index contributed by atoms with van der Waals surface area (Å²) in [5.41, 5.74) is 7.34. The zero-order chi connectivity index (χ0) is 14.4. The number of carboxylic acids is 1. The van der Waals surface area contributed by atoms with Crippen LogP contribution < -0.4 is 5.73 Å². The van der Waals surface area contributed by atoms with E-state index in [9.17, 15) is 4.79 Å². The summed E-state index contributed by atoms with van der Waals surface area (Å²) in [5.74, 6) is -1.03. The van der Waals surface area contributed by atoms with Crippen molar-refractivity contribution in [2.75, 3.05) is 0 Å². The van der Waals surface area contributed by atoms with Crippen LogP contribution in [0.15, 0.2) is 42.9 Å². The standard InChI is InChI=1S/C14H17N3O3/c15-13(14(18)19)6-12-7-16-9-17(12)10-20-8-11-4-2-1-3-5-11/h1-5,7,9,13H,6,8,10,15H2,(H,18,19)/t13-/m0/s1. The van der Waals surface area contributed by atoms with Crippen LogP contribution in [0.5, 0.6) is 0 Å². The van der Waals surface area contributed by atoms with Crippen LogP contribution in [0, 0.1) is 0 Å². The lowest BCUT2D eigenvalue weighted by Crippen LogP contribution is -2.33. The number of imidazole rings is 1. The van der Waals surface area contributed by atoms with Crippen LogP contribution >= 0.6 is 0 Å². The van der Waals surface area contributed by atoms with E-state index in [4.69, 9.17) is 15.6 Å². The predicted octanol–water partition coefficient (Wildman–Crippen LogP) is 1.01. The Morgan fingerprint density at radius 1 is 1.40 bits per heavy atom. The molecule has 106 valence electrons. The lowest BCUT2D eigenvalue weighted by Gasteiger charge is -2.11. The fraction of sp³-hybridized carbons (Fsp3) is 0.286. The first kappa shape index (κ1) is 14.2. The molecular weight excluding hydrogens is 258 g/mol. The maximum Gasteiger partial charge on any atom is 0.320 e. The molecule has 1 atom stereocenters. The molecule has 0 aliphatic heterocycles. The maximum atomic E-state index is 10.7. The third-order valence-corrected chi connectivity index (χ3v) is 2.89. The average Bonchev–Trinajstić information content (AvgIpc) is 2.87. The molecule has 0 aliphatic rings. The Balaban J connectivity index is 1.87. The lowest BCUT2D eigenvalue weighted by molar-refractivity contribution is -0.138. The van der Waals surface area contributed by atoms with Crippen LogP contribution in [0.25, 0.3) is 0 Å². The zero-order valence-electron chi connectivity index (χ0n) is 11.0. The number of nitrogens with two attached hydrogens (primary N) is 1. The average molecular weight is 275 g/mol. The predicted molar refractivity (Wildman–Crippen MR) is 72.8 cm³/mol. The highest BCUT2D eigenvalue weighted by molar-refractivity contribution is 5.73. The summed E-state index contributed by atoms with van der Waals surface area (Å²) >= 11 is 0. The maximum absolute atomic E-state index is 10.7. The van der Waals surface area contributed by atoms with Crippen LogP contribution in [-0.2, 0) is 29.3 Å². The minimum atomic E-state index is -1.03. The molecule has 2 aromatic rings. The second-order valence-electron chi connectivity index (χ2n) is 4.47. The molecule has 0 bridgehead atoms. The molecular formula is C14H17N3O3. The molecule has 0 saturated carbocycles. The van der Waals surface area contributed by atoms with Gasteiger partial charge in [0, 0.05) is 18.3 Å². The Kier molecular flexibility index (Phi) is 4.86. The quantitative estimate of drug-likeness (QED) is 0.787. The molecule has 0 saturated heterocycles. The fourth-order valence-electron chi connectivity index (χ4n) is 1.78. The summed E-state index contributed by atoms with van der Waals surface area (Å²) < 4.78 is 7.34. The number of benzene rings is 1. The van der Waals surface area contributed by atoms with E-state index in [2.05, 4.69) is 4.98 Å². The highest BCUT2D eigenvalue weighted by atomic mass is 16.5. The molecule has 20 heavy (non-hydrogen) atoms. The van der Waals surface area contributed by atoms with Crippen molar-refractivity contribution < 1.29 is 14.6 Å². The van der Waals surface area contributed by atoms with Crippen LogP contribution in [-0.4, -0.2) is 26.7 Å². The van der Waals surface area contributed by atoms with Crippen molar-refractivity contribution in [3.8, 4) is 0 Å². The molecule has 1 aromatic heterocycles. The number of hydrogen-bond acceptors (Lipinski definition) is 4. The van der Waals surface area contributed by atoms with Gasteiger partial charge < -0.3 is 20.1 Å². The Morgan fingerprint density at radius 3 is 2.85 bits per heavy atom. The summed E-state index contributed by atoms with van der Waals surface area (Å²) in [5, 5.41) is 8.81. The Morgan fingerprint density at radius 2 is 2.15 bits per heavy atom.